The molecule has 3 N–H and O–H groups in total. The Bertz CT molecular complexity index is 231. The number of amides is 1. The maximum Gasteiger partial charge on any atom is 0.303 e. The Morgan fingerprint density at radius 2 is 1.88 bits per heavy atom. The lowest BCUT2D eigenvalue weighted by atomic mass is 10.0. The molecular weight excluding hydrogens is 222 g/mol. The Balaban J connectivity index is 3.54. The van der Waals surface area contributed by atoms with E-state index in [1.54, 1.807) is 0 Å². The third kappa shape index (κ3) is 9.81. The molecule has 5 nitrogen and oxygen atoms in total. The predicted octanol–water partition coefficient (Wildman–Crippen LogP) is 1.16. The third-order valence-corrected chi connectivity index (χ3v) is 2.75. The van der Waals surface area contributed by atoms with Crippen molar-refractivity contribution in [3.05, 3.63) is 0 Å². The zero-order valence-electron chi connectivity index (χ0n) is 10.4. The maximum atomic E-state index is 11.4. The molecule has 5 heteroatoms. The summed E-state index contributed by atoms with van der Waals surface area (Å²) in [5, 5.41) is 20.0. The molecule has 0 aliphatic rings. The normalized spacial score (nSPS) is 12.1. The van der Waals surface area contributed by atoms with E-state index in [4.69, 9.17) is 10.2 Å². The second-order valence-electron chi connectivity index (χ2n) is 4.19. The Labute approximate surface area is 102 Å². The summed E-state index contributed by atoms with van der Waals surface area (Å²) >= 11 is 0. The van der Waals surface area contributed by atoms with Crippen LogP contribution in [0.3, 0.4) is 0 Å². The molecule has 100 valence electrons. The van der Waals surface area contributed by atoms with Crippen LogP contribution in [0.25, 0.3) is 0 Å². The molecule has 17 heavy (non-hydrogen) atoms. The first-order chi connectivity index (χ1) is 8.10. The van der Waals surface area contributed by atoms with Crippen LogP contribution in [-0.4, -0.2) is 35.2 Å². The fraction of sp³-hybridized carbons (Fsp3) is 0.833. The van der Waals surface area contributed by atoms with E-state index in [1.165, 1.54) is 0 Å². The minimum Gasteiger partial charge on any atom is -0.481 e. The van der Waals surface area contributed by atoms with Gasteiger partial charge in [0.15, 0.2) is 0 Å². The van der Waals surface area contributed by atoms with Crippen molar-refractivity contribution in [2.24, 2.45) is 5.92 Å². The van der Waals surface area contributed by atoms with Gasteiger partial charge < -0.3 is 15.5 Å². The van der Waals surface area contributed by atoms with Crippen LogP contribution < -0.4 is 5.32 Å². The van der Waals surface area contributed by atoms with Gasteiger partial charge in [-0.2, -0.15) is 0 Å². The van der Waals surface area contributed by atoms with Crippen molar-refractivity contribution in [2.75, 3.05) is 13.2 Å². The van der Waals surface area contributed by atoms with Gasteiger partial charge in [0.05, 0.1) is 0 Å². The molecule has 0 saturated heterocycles. The van der Waals surface area contributed by atoms with Crippen LogP contribution in [0.5, 0.6) is 0 Å². The highest BCUT2D eigenvalue weighted by Crippen LogP contribution is 2.06. The van der Waals surface area contributed by atoms with Crippen LogP contribution in [0.4, 0.5) is 0 Å². The molecule has 0 aliphatic carbocycles. The van der Waals surface area contributed by atoms with E-state index in [2.05, 4.69) is 5.32 Å². The van der Waals surface area contributed by atoms with Crippen molar-refractivity contribution in [3.63, 3.8) is 0 Å². The summed E-state index contributed by atoms with van der Waals surface area (Å²) in [5.41, 5.74) is 0. The molecule has 0 rings (SSSR count). The van der Waals surface area contributed by atoms with Gasteiger partial charge in [0.2, 0.25) is 5.91 Å². The van der Waals surface area contributed by atoms with Crippen LogP contribution in [0.2, 0.25) is 0 Å². The zero-order chi connectivity index (χ0) is 13.1. The van der Waals surface area contributed by atoms with Crippen LogP contribution >= 0.6 is 0 Å². The Morgan fingerprint density at radius 3 is 2.41 bits per heavy atom. The number of rotatable bonds is 10. The fourth-order valence-corrected chi connectivity index (χ4v) is 1.54. The van der Waals surface area contributed by atoms with Gasteiger partial charge in [-0.3, -0.25) is 9.59 Å². The molecule has 1 unspecified atom stereocenters. The van der Waals surface area contributed by atoms with E-state index >= 15 is 0 Å². The van der Waals surface area contributed by atoms with Crippen LogP contribution in [0, 0.1) is 5.92 Å². The monoisotopic (exact) mass is 245 g/mol. The van der Waals surface area contributed by atoms with Crippen molar-refractivity contribution < 1.29 is 19.8 Å². The third-order valence-electron chi connectivity index (χ3n) is 2.75. The molecule has 0 aromatic carbocycles. The first kappa shape index (κ1) is 15.9. The molecule has 1 amide bonds. The van der Waals surface area contributed by atoms with Gasteiger partial charge in [0.25, 0.3) is 0 Å². The van der Waals surface area contributed by atoms with Crippen molar-refractivity contribution in [1.82, 2.24) is 5.32 Å². The second-order valence-corrected chi connectivity index (χ2v) is 4.19. The zero-order valence-corrected chi connectivity index (χ0v) is 10.4. The summed E-state index contributed by atoms with van der Waals surface area (Å²) in [6.07, 6.45) is 3.28. The quantitative estimate of drug-likeness (QED) is 0.504. The van der Waals surface area contributed by atoms with Crippen molar-refractivity contribution in [1.29, 1.82) is 0 Å². The SMILES string of the molecule is CCC(CCO)CNC(=O)CCCCC(=O)O. The van der Waals surface area contributed by atoms with Gasteiger partial charge >= 0.3 is 5.97 Å². The number of carboxylic acids is 1. The molecule has 0 aliphatic heterocycles. The number of carbonyl (C=O) groups excluding carboxylic acids is 1. The summed E-state index contributed by atoms with van der Waals surface area (Å²) in [5.74, 6) is -0.533. The second kappa shape index (κ2) is 10.1. The molecule has 0 aromatic heterocycles. The first-order valence-electron chi connectivity index (χ1n) is 6.19. The largest absolute Gasteiger partial charge is 0.481 e. The van der Waals surface area contributed by atoms with E-state index in [1.807, 2.05) is 6.92 Å². The Kier molecular flexibility index (Phi) is 9.43. The lowest BCUT2D eigenvalue weighted by Crippen LogP contribution is -2.29. The number of carboxylic acid groups (broad SMARTS) is 1. The number of hydrogen-bond acceptors (Lipinski definition) is 3. The minimum absolute atomic E-state index is 0.0354. The summed E-state index contributed by atoms with van der Waals surface area (Å²) in [7, 11) is 0. The van der Waals surface area contributed by atoms with E-state index < -0.39 is 5.97 Å². The average Bonchev–Trinajstić information content (AvgIpc) is 2.29. The molecular formula is C12H23NO4. The fourth-order valence-electron chi connectivity index (χ4n) is 1.54. The molecule has 0 radical (unpaired) electrons. The van der Waals surface area contributed by atoms with E-state index in [0.29, 0.717) is 38.1 Å². The number of hydrogen-bond donors (Lipinski definition) is 3. The lowest BCUT2D eigenvalue weighted by Gasteiger charge is -2.14. The van der Waals surface area contributed by atoms with Gasteiger partial charge in [-0.05, 0) is 25.2 Å². The van der Waals surface area contributed by atoms with E-state index in [-0.39, 0.29) is 18.9 Å². The maximum absolute atomic E-state index is 11.4. The van der Waals surface area contributed by atoms with E-state index in [0.717, 1.165) is 6.42 Å². The Morgan fingerprint density at radius 1 is 1.24 bits per heavy atom. The Hall–Kier alpha value is -1.10. The molecule has 0 spiro atoms. The van der Waals surface area contributed by atoms with Crippen molar-refractivity contribution in [2.45, 2.75) is 45.4 Å². The van der Waals surface area contributed by atoms with Gasteiger partial charge in [-0.1, -0.05) is 13.3 Å². The van der Waals surface area contributed by atoms with E-state index in [9.17, 15) is 9.59 Å². The lowest BCUT2D eigenvalue weighted by molar-refractivity contribution is -0.137. The molecule has 0 bridgehead atoms. The van der Waals surface area contributed by atoms with Crippen LogP contribution in [0.15, 0.2) is 0 Å². The van der Waals surface area contributed by atoms with Gasteiger partial charge in [0, 0.05) is 26.0 Å². The standard InChI is InChI=1S/C12H23NO4/c1-2-10(7-8-14)9-13-11(15)5-3-4-6-12(16)17/h10,14H,2-9H2,1H3,(H,13,15)(H,16,17). The summed E-state index contributed by atoms with van der Waals surface area (Å²) < 4.78 is 0. The number of aliphatic hydroxyl groups excluding tert-OH is 1. The van der Waals surface area contributed by atoms with Crippen molar-refractivity contribution in [3.8, 4) is 0 Å². The number of nitrogens with one attached hydrogen (secondary N) is 1. The molecule has 0 aromatic rings. The first-order valence-corrected chi connectivity index (χ1v) is 6.19. The topological polar surface area (TPSA) is 86.6 Å². The number of aliphatic hydroxyl groups is 1. The summed E-state index contributed by atoms with van der Waals surface area (Å²) in [4.78, 5) is 21.6. The number of aliphatic carboxylic acids is 1. The predicted molar refractivity (Wildman–Crippen MR) is 64.6 cm³/mol. The van der Waals surface area contributed by atoms with Gasteiger partial charge in [-0.15, -0.1) is 0 Å². The summed E-state index contributed by atoms with van der Waals surface area (Å²) in [6, 6.07) is 0. The van der Waals surface area contributed by atoms with Gasteiger partial charge in [0.1, 0.15) is 0 Å². The highest BCUT2D eigenvalue weighted by atomic mass is 16.4. The number of carbonyl (C=O) groups is 2. The number of unbranched alkanes of at least 4 members (excludes halogenated alkanes) is 1. The van der Waals surface area contributed by atoms with Crippen LogP contribution in [0.1, 0.15) is 45.4 Å². The highest BCUT2D eigenvalue weighted by molar-refractivity contribution is 5.75. The molecule has 1 atom stereocenters. The highest BCUT2D eigenvalue weighted by Gasteiger charge is 2.08. The average molecular weight is 245 g/mol. The van der Waals surface area contributed by atoms with Crippen LogP contribution in [-0.2, 0) is 9.59 Å². The minimum atomic E-state index is -0.820. The molecule has 0 saturated carbocycles. The smallest absolute Gasteiger partial charge is 0.303 e. The van der Waals surface area contributed by atoms with Gasteiger partial charge in [-0.25, -0.2) is 0 Å². The molecule has 0 fully saturated rings. The van der Waals surface area contributed by atoms with Crippen molar-refractivity contribution >= 4 is 11.9 Å². The summed E-state index contributed by atoms with van der Waals surface area (Å²) in [6.45, 7) is 2.77. The molecule has 0 heterocycles.